The molecule has 0 spiro atoms. The molecule has 9 heteroatoms. The fourth-order valence-electron chi connectivity index (χ4n) is 3.20. The second-order valence-electron chi connectivity index (χ2n) is 6.92. The minimum atomic E-state index is -0.0350. The lowest BCUT2D eigenvalue weighted by Crippen LogP contribution is -2.30. The second kappa shape index (κ2) is 10.6. The first-order valence-corrected chi connectivity index (χ1v) is 10.3. The lowest BCUT2D eigenvalue weighted by Gasteiger charge is -2.17. The standard InChI is InChI=1S/C22H23Cl2N3O4/c1-4-15(28)7-14-11-31-12-17(14)27-22-25-9-13(10-26-22)5-6-16-20(23)18(29-2)8-19(30-3)21(16)24/h4-6,8-10,14,17H,1,7,11-12H2,2-3H3,(H,25,26,27)/b6-5+/t14-,17+/m0/s1. The Hall–Kier alpha value is -2.61. The van der Waals surface area contributed by atoms with Gasteiger partial charge in [0.25, 0.3) is 0 Å². The maximum absolute atomic E-state index is 11.7. The number of nitrogens with zero attached hydrogens (tertiary/aromatic N) is 2. The molecule has 31 heavy (non-hydrogen) atoms. The molecule has 1 N–H and O–H groups in total. The molecule has 0 saturated carbocycles. The Balaban J connectivity index is 1.72. The number of ether oxygens (including phenoxy) is 3. The number of benzene rings is 1. The van der Waals surface area contributed by atoms with Crippen LogP contribution in [-0.2, 0) is 9.53 Å². The van der Waals surface area contributed by atoms with Gasteiger partial charge in [-0.05, 0) is 6.08 Å². The fourth-order valence-corrected chi connectivity index (χ4v) is 3.82. The minimum Gasteiger partial charge on any atom is -0.495 e. The van der Waals surface area contributed by atoms with E-state index in [9.17, 15) is 4.79 Å². The quantitative estimate of drug-likeness (QED) is 0.546. The third-order valence-electron chi connectivity index (χ3n) is 4.93. The summed E-state index contributed by atoms with van der Waals surface area (Å²) < 4.78 is 16.1. The first-order chi connectivity index (χ1) is 15.0. The highest BCUT2D eigenvalue weighted by Gasteiger charge is 2.30. The molecule has 1 aromatic carbocycles. The number of hydrogen-bond donors (Lipinski definition) is 1. The Morgan fingerprint density at radius 1 is 1.19 bits per heavy atom. The van der Waals surface area contributed by atoms with Gasteiger partial charge in [0.1, 0.15) is 11.5 Å². The van der Waals surface area contributed by atoms with Crippen LogP contribution in [0.15, 0.2) is 31.1 Å². The van der Waals surface area contributed by atoms with Crippen LogP contribution in [0.25, 0.3) is 12.2 Å². The van der Waals surface area contributed by atoms with Crippen LogP contribution in [0.4, 0.5) is 5.95 Å². The monoisotopic (exact) mass is 463 g/mol. The van der Waals surface area contributed by atoms with E-state index in [4.69, 9.17) is 37.4 Å². The van der Waals surface area contributed by atoms with Gasteiger partial charge in [0.2, 0.25) is 5.95 Å². The van der Waals surface area contributed by atoms with Crippen LogP contribution >= 0.6 is 23.2 Å². The Kier molecular flexibility index (Phi) is 7.90. The summed E-state index contributed by atoms with van der Waals surface area (Å²) in [6, 6.07) is 1.60. The van der Waals surface area contributed by atoms with Gasteiger partial charge in [0.05, 0.1) is 43.5 Å². The number of ketones is 1. The number of carbonyl (C=O) groups excluding carboxylic acids is 1. The van der Waals surface area contributed by atoms with Gasteiger partial charge in [-0.2, -0.15) is 0 Å². The predicted octanol–water partition coefficient (Wildman–Crippen LogP) is 4.54. The van der Waals surface area contributed by atoms with Crippen molar-refractivity contribution in [2.24, 2.45) is 5.92 Å². The first-order valence-electron chi connectivity index (χ1n) is 9.56. The van der Waals surface area contributed by atoms with Crippen LogP contribution in [-0.4, -0.2) is 49.2 Å². The molecule has 1 saturated heterocycles. The van der Waals surface area contributed by atoms with Crippen molar-refractivity contribution in [1.29, 1.82) is 0 Å². The van der Waals surface area contributed by atoms with Gasteiger partial charge in [-0.3, -0.25) is 4.79 Å². The highest BCUT2D eigenvalue weighted by atomic mass is 35.5. The highest BCUT2D eigenvalue weighted by molar-refractivity contribution is 6.39. The largest absolute Gasteiger partial charge is 0.495 e. The molecule has 2 atom stereocenters. The molecule has 0 aliphatic carbocycles. The van der Waals surface area contributed by atoms with Gasteiger partial charge < -0.3 is 19.5 Å². The van der Waals surface area contributed by atoms with Crippen LogP contribution in [0.2, 0.25) is 10.0 Å². The van der Waals surface area contributed by atoms with Crippen molar-refractivity contribution in [3.63, 3.8) is 0 Å². The molecule has 1 fully saturated rings. The number of allylic oxidation sites excluding steroid dienone is 1. The van der Waals surface area contributed by atoms with Crippen molar-refractivity contribution in [2.45, 2.75) is 12.5 Å². The molecule has 1 aliphatic heterocycles. The molecule has 0 unspecified atom stereocenters. The van der Waals surface area contributed by atoms with Crippen molar-refractivity contribution >= 4 is 47.1 Å². The SMILES string of the molecule is C=CC(=O)C[C@H]1COC[C@H]1Nc1ncc(/C=C/c2c(Cl)c(OC)cc(OC)c2Cl)cn1. The summed E-state index contributed by atoms with van der Waals surface area (Å²) >= 11 is 12.8. The molecular formula is C22H23Cl2N3O4. The molecule has 2 heterocycles. The molecule has 7 nitrogen and oxygen atoms in total. The number of carbonyl (C=O) groups is 1. The van der Waals surface area contributed by atoms with Crippen LogP contribution in [0.3, 0.4) is 0 Å². The van der Waals surface area contributed by atoms with Crippen LogP contribution < -0.4 is 14.8 Å². The average Bonchev–Trinajstić information content (AvgIpc) is 3.21. The Bertz CT molecular complexity index is 951. The smallest absolute Gasteiger partial charge is 0.222 e. The maximum Gasteiger partial charge on any atom is 0.222 e. The van der Waals surface area contributed by atoms with Crippen LogP contribution in [0, 0.1) is 5.92 Å². The van der Waals surface area contributed by atoms with E-state index in [-0.39, 0.29) is 17.7 Å². The summed E-state index contributed by atoms with van der Waals surface area (Å²) in [6.07, 6.45) is 8.61. The molecular weight excluding hydrogens is 441 g/mol. The Morgan fingerprint density at radius 2 is 1.84 bits per heavy atom. The van der Waals surface area contributed by atoms with Gasteiger partial charge in [-0.25, -0.2) is 9.97 Å². The zero-order valence-electron chi connectivity index (χ0n) is 17.2. The summed E-state index contributed by atoms with van der Waals surface area (Å²) in [5.74, 6) is 1.43. The van der Waals surface area contributed by atoms with Crippen molar-refractivity contribution in [1.82, 2.24) is 9.97 Å². The Labute approximate surface area is 191 Å². The van der Waals surface area contributed by atoms with E-state index in [0.717, 1.165) is 5.56 Å². The van der Waals surface area contributed by atoms with Crippen LogP contribution in [0.1, 0.15) is 17.5 Å². The Morgan fingerprint density at radius 3 is 2.42 bits per heavy atom. The van der Waals surface area contributed by atoms with Crippen molar-refractivity contribution in [3.05, 3.63) is 52.3 Å². The number of halogens is 2. The van der Waals surface area contributed by atoms with Crippen molar-refractivity contribution in [3.8, 4) is 11.5 Å². The first kappa shape index (κ1) is 23.1. The molecule has 3 rings (SSSR count). The lowest BCUT2D eigenvalue weighted by molar-refractivity contribution is -0.115. The topological polar surface area (TPSA) is 82.6 Å². The molecule has 1 aromatic heterocycles. The van der Waals surface area contributed by atoms with E-state index < -0.39 is 0 Å². The fraction of sp³-hybridized carbons (Fsp3) is 0.318. The predicted molar refractivity (Wildman–Crippen MR) is 122 cm³/mol. The maximum atomic E-state index is 11.7. The molecule has 0 radical (unpaired) electrons. The van der Waals surface area contributed by atoms with Gasteiger partial charge in [0.15, 0.2) is 5.78 Å². The summed E-state index contributed by atoms with van der Waals surface area (Å²) in [5.41, 5.74) is 1.32. The van der Waals surface area contributed by atoms with E-state index in [1.807, 2.05) is 0 Å². The molecule has 2 aromatic rings. The highest BCUT2D eigenvalue weighted by Crippen LogP contribution is 2.41. The normalized spacial score (nSPS) is 18.2. The van der Waals surface area contributed by atoms with E-state index in [0.29, 0.717) is 52.7 Å². The zero-order valence-corrected chi connectivity index (χ0v) is 18.7. The van der Waals surface area contributed by atoms with E-state index in [2.05, 4.69) is 21.9 Å². The number of anilines is 1. The number of methoxy groups -OCH3 is 2. The summed E-state index contributed by atoms with van der Waals surface area (Å²) in [5, 5.41) is 4.00. The van der Waals surface area contributed by atoms with E-state index >= 15 is 0 Å². The summed E-state index contributed by atoms with van der Waals surface area (Å²) in [4.78, 5) is 20.4. The average molecular weight is 464 g/mol. The van der Waals surface area contributed by atoms with Gasteiger partial charge in [-0.15, -0.1) is 0 Å². The molecule has 164 valence electrons. The van der Waals surface area contributed by atoms with Crippen molar-refractivity contribution in [2.75, 3.05) is 32.8 Å². The number of rotatable bonds is 9. The molecule has 0 amide bonds. The second-order valence-corrected chi connectivity index (χ2v) is 7.67. The van der Waals surface area contributed by atoms with Crippen molar-refractivity contribution < 1.29 is 19.0 Å². The van der Waals surface area contributed by atoms with Gasteiger partial charge >= 0.3 is 0 Å². The lowest BCUT2D eigenvalue weighted by atomic mass is 9.97. The summed E-state index contributed by atoms with van der Waals surface area (Å²) in [6.45, 7) is 4.53. The number of hydrogen-bond acceptors (Lipinski definition) is 7. The third kappa shape index (κ3) is 5.55. The zero-order chi connectivity index (χ0) is 22.4. The number of nitrogens with one attached hydrogen (secondary N) is 1. The molecule has 0 bridgehead atoms. The molecule has 1 aliphatic rings. The van der Waals surface area contributed by atoms with E-state index in [1.54, 1.807) is 30.6 Å². The van der Waals surface area contributed by atoms with Gasteiger partial charge in [0, 0.05) is 41.9 Å². The summed E-state index contributed by atoms with van der Waals surface area (Å²) in [7, 11) is 3.05. The van der Waals surface area contributed by atoms with Crippen LogP contribution in [0.5, 0.6) is 11.5 Å². The van der Waals surface area contributed by atoms with E-state index in [1.165, 1.54) is 20.3 Å². The number of aromatic nitrogens is 2. The third-order valence-corrected chi connectivity index (χ3v) is 5.71. The van der Waals surface area contributed by atoms with Gasteiger partial charge in [-0.1, -0.05) is 41.9 Å². The minimum absolute atomic E-state index is 0.00445.